The Labute approximate surface area is 146 Å². The molecular weight excluding hydrogens is 314 g/mol. The summed E-state index contributed by atoms with van der Waals surface area (Å²) in [6, 6.07) is 16.6. The number of aromatic nitrogens is 1. The van der Waals surface area contributed by atoms with Crippen LogP contribution in [0, 0.1) is 13.8 Å². The Morgan fingerprint density at radius 1 is 0.920 bits per heavy atom. The molecule has 1 aromatic heterocycles. The number of hydrazine groups is 1. The third-order valence-electron chi connectivity index (χ3n) is 4.17. The quantitative estimate of drug-likeness (QED) is 0.724. The van der Waals surface area contributed by atoms with Gasteiger partial charge in [-0.15, -0.1) is 0 Å². The van der Waals surface area contributed by atoms with Crippen molar-refractivity contribution in [3.63, 3.8) is 0 Å². The molecule has 1 heterocycles. The van der Waals surface area contributed by atoms with Gasteiger partial charge in [0.15, 0.2) is 0 Å². The number of pyridine rings is 1. The van der Waals surface area contributed by atoms with E-state index in [9.17, 15) is 9.59 Å². The highest BCUT2D eigenvalue weighted by Gasteiger charge is 2.13. The van der Waals surface area contributed by atoms with Gasteiger partial charge in [-0.25, -0.2) is 0 Å². The first-order valence-corrected chi connectivity index (χ1v) is 8.05. The molecule has 0 atom stereocenters. The van der Waals surface area contributed by atoms with E-state index in [0.717, 1.165) is 27.7 Å². The molecule has 0 aliphatic carbocycles. The highest BCUT2D eigenvalue weighted by Crippen LogP contribution is 2.22. The van der Waals surface area contributed by atoms with Gasteiger partial charge in [0.1, 0.15) is 0 Å². The van der Waals surface area contributed by atoms with Crippen LogP contribution in [0.25, 0.3) is 10.9 Å². The van der Waals surface area contributed by atoms with Crippen LogP contribution in [0.2, 0.25) is 0 Å². The summed E-state index contributed by atoms with van der Waals surface area (Å²) < 4.78 is 0. The van der Waals surface area contributed by atoms with Crippen LogP contribution < -0.4 is 10.9 Å². The molecule has 126 valence electrons. The lowest BCUT2D eigenvalue weighted by Crippen LogP contribution is -2.42. The predicted octanol–water partition coefficient (Wildman–Crippen LogP) is 2.86. The summed E-state index contributed by atoms with van der Waals surface area (Å²) in [5.74, 6) is -0.633. The number of fused-ring (bicyclic) bond motifs is 1. The molecule has 2 aromatic carbocycles. The molecule has 5 heteroatoms. The Morgan fingerprint density at radius 2 is 1.60 bits per heavy atom. The van der Waals surface area contributed by atoms with Gasteiger partial charge in [-0.1, -0.05) is 36.4 Å². The van der Waals surface area contributed by atoms with Crippen LogP contribution in [0.15, 0.2) is 54.6 Å². The Balaban J connectivity index is 1.71. The average molecular weight is 333 g/mol. The van der Waals surface area contributed by atoms with Gasteiger partial charge in [0.2, 0.25) is 5.91 Å². The number of benzene rings is 2. The molecule has 0 aliphatic heterocycles. The van der Waals surface area contributed by atoms with Crippen molar-refractivity contribution in [3.05, 3.63) is 77.0 Å². The number of nitrogens with one attached hydrogen (secondary N) is 2. The van der Waals surface area contributed by atoms with Crippen LogP contribution in [0.4, 0.5) is 0 Å². The molecule has 0 saturated carbocycles. The lowest BCUT2D eigenvalue weighted by Gasteiger charge is -2.13. The molecule has 0 aliphatic rings. The number of para-hydroxylation sites is 1. The summed E-state index contributed by atoms with van der Waals surface area (Å²) in [5, 5.41) is 1.03. The molecule has 0 unspecified atom stereocenters. The fraction of sp³-hybridized carbons (Fsp3) is 0.150. The topological polar surface area (TPSA) is 71.1 Å². The van der Waals surface area contributed by atoms with E-state index < -0.39 is 0 Å². The van der Waals surface area contributed by atoms with E-state index in [1.807, 2.05) is 44.2 Å². The number of aryl methyl sites for hydroxylation is 2. The Morgan fingerprint density at radius 3 is 2.36 bits per heavy atom. The second-order valence-corrected chi connectivity index (χ2v) is 5.86. The van der Waals surface area contributed by atoms with E-state index in [1.165, 1.54) is 0 Å². The van der Waals surface area contributed by atoms with Crippen molar-refractivity contribution in [2.24, 2.45) is 0 Å². The number of hydrogen-bond acceptors (Lipinski definition) is 3. The average Bonchev–Trinajstić information content (AvgIpc) is 2.64. The first-order valence-electron chi connectivity index (χ1n) is 8.05. The van der Waals surface area contributed by atoms with Crippen molar-refractivity contribution in [2.45, 2.75) is 20.3 Å². The highest BCUT2D eigenvalue weighted by atomic mass is 16.2. The smallest absolute Gasteiger partial charge is 0.269 e. The maximum Gasteiger partial charge on any atom is 0.269 e. The van der Waals surface area contributed by atoms with Crippen LogP contribution in [-0.4, -0.2) is 16.8 Å². The maximum absolute atomic E-state index is 12.2. The summed E-state index contributed by atoms with van der Waals surface area (Å²) in [6.45, 7) is 3.88. The van der Waals surface area contributed by atoms with E-state index in [-0.39, 0.29) is 18.2 Å². The van der Waals surface area contributed by atoms with Gasteiger partial charge in [0, 0.05) is 16.6 Å². The Hall–Kier alpha value is -3.21. The van der Waals surface area contributed by atoms with Gasteiger partial charge in [0.25, 0.3) is 5.91 Å². The normalized spacial score (nSPS) is 10.5. The number of amides is 2. The third-order valence-corrected chi connectivity index (χ3v) is 4.17. The summed E-state index contributed by atoms with van der Waals surface area (Å²) >= 11 is 0. The summed E-state index contributed by atoms with van der Waals surface area (Å²) in [7, 11) is 0. The molecule has 0 fully saturated rings. The Kier molecular flexibility index (Phi) is 4.75. The fourth-order valence-corrected chi connectivity index (χ4v) is 2.82. The fourth-order valence-electron chi connectivity index (χ4n) is 2.82. The van der Waals surface area contributed by atoms with Crippen LogP contribution in [0.3, 0.4) is 0 Å². The molecular formula is C20H19N3O2. The summed E-state index contributed by atoms with van der Waals surface area (Å²) in [6.07, 6.45) is 0.157. The number of nitrogens with zero attached hydrogens (tertiary/aromatic N) is 1. The lowest BCUT2D eigenvalue weighted by atomic mass is 9.99. The molecule has 2 amide bonds. The first-order chi connectivity index (χ1) is 12.1. The van der Waals surface area contributed by atoms with Crippen LogP contribution in [-0.2, 0) is 11.2 Å². The van der Waals surface area contributed by atoms with Crippen molar-refractivity contribution in [2.75, 3.05) is 0 Å². The molecule has 3 rings (SSSR count). The van der Waals surface area contributed by atoms with Gasteiger partial charge >= 0.3 is 0 Å². The van der Waals surface area contributed by atoms with Gasteiger partial charge in [-0.2, -0.15) is 0 Å². The zero-order chi connectivity index (χ0) is 17.8. The number of hydrogen-bond donors (Lipinski definition) is 2. The molecule has 0 saturated heterocycles. The third kappa shape index (κ3) is 3.66. The van der Waals surface area contributed by atoms with E-state index in [4.69, 9.17) is 0 Å². The van der Waals surface area contributed by atoms with Gasteiger partial charge < -0.3 is 0 Å². The van der Waals surface area contributed by atoms with E-state index in [0.29, 0.717) is 5.56 Å². The minimum absolute atomic E-state index is 0.157. The summed E-state index contributed by atoms with van der Waals surface area (Å²) in [4.78, 5) is 28.8. The van der Waals surface area contributed by atoms with Gasteiger partial charge in [-0.3, -0.25) is 25.4 Å². The van der Waals surface area contributed by atoms with Crippen LogP contribution in [0.5, 0.6) is 0 Å². The largest absolute Gasteiger partial charge is 0.273 e. The molecule has 0 radical (unpaired) electrons. The van der Waals surface area contributed by atoms with E-state index in [1.54, 1.807) is 24.3 Å². The van der Waals surface area contributed by atoms with Gasteiger partial charge in [0.05, 0.1) is 11.9 Å². The molecule has 0 spiro atoms. The second kappa shape index (κ2) is 7.13. The highest BCUT2D eigenvalue weighted by molar-refractivity contribution is 5.95. The first kappa shape index (κ1) is 16.6. The monoisotopic (exact) mass is 333 g/mol. The Bertz CT molecular complexity index is 936. The summed E-state index contributed by atoms with van der Waals surface area (Å²) in [5.41, 5.74) is 9.04. The van der Waals surface area contributed by atoms with E-state index in [2.05, 4.69) is 15.8 Å². The second-order valence-electron chi connectivity index (χ2n) is 5.86. The van der Waals surface area contributed by atoms with Crippen molar-refractivity contribution in [1.29, 1.82) is 0 Å². The predicted molar refractivity (Wildman–Crippen MR) is 97.0 cm³/mol. The SMILES string of the molecule is Cc1nc2ccccc2c(C)c1CC(=O)NNC(=O)c1ccccc1. The molecule has 3 aromatic rings. The maximum atomic E-state index is 12.2. The van der Waals surface area contributed by atoms with E-state index >= 15 is 0 Å². The molecule has 0 bridgehead atoms. The molecule has 2 N–H and O–H groups in total. The van der Waals surface area contributed by atoms with Crippen molar-refractivity contribution < 1.29 is 9.59 Å². The lowest BCUT2D eigenvalue weighted by molar-refractivity contribution is -0.121. The van der Waals surface area contributed by atoms with Crippen molar-refractivity contribution in [1.82, 2.24) is 15.8 Å². The zero-order valence-corrected chi connectivity index (χ0v) is 14.2. The molecule has 25 heavy (non-hydrogen) atoms. The number of carbonyl (C=O) groups excluding carboxylic acids is 2. The number of carbonyl (C=O) groups is 2. The van der Waals surface area contributed by atoms with Gasteiger partial charge in [-0.05, 0) is 43.2 Å². The van der Waals surface area contributed by atoms with Crippen molar-refractivity contribution >= 4 is 22.7 Å². The van der Waals surface area contributed by atoms with Crippen LogP contribution in [0.1, 0.15) is 27.2 Å². The van der Waals surface area contributed by atoms with Crippen LogP contribution >= 0.6 is 0 Å². The minimum atomic E-state index is -0.348. The molecule has 5 nitrogen and oxygen atoms in total. The number of rotatable bonds is 3. The standard InChI is InChI=1S/C20H19N3O2/c1-13-16-10-6-7-11-18(16)21-14(2)17(13)12-19(24)22-23-20(25)15-8-4-3-5-9-15/h3-11H,12H2,1-2H3,(H,22,24)(H,23,25). The minimum Gasteiger partial charge on any atom is -0.273 e. The van der Waals surface area contributed by atoms with Crippen molar-refractivity contribution in [3.8, 4) is 0 Å². The zero-order valence-electron chi connectivity index (χ0n) is 14.2.